The van der Waals surface area contributed by atoms with Crippen LogP contribution in [-0.4, -0.2) is 58.3 Å². The Morgan fingerprint density at radius 1 is 1.00 bits per heavy atom. The molecule has 0 amide bonds. The smallest absolute Gasteiger partial charge is 0.148 e. The van der Waals surface area contributed by atoms with E-state index in [1.165, 1.54) is 0 Å². The second-order valence-corrected chi connectivity index (χ2v) is 3.19. The Hall–Kier alpha value is -0.600. The molecule has 0 aliphatic rings. The van der Waals surface area contributed by atoms with E-state index < -0.39 is 0 Å². The normalized spacial score (nSPS) is 10.2. The number of rotatable bonds is 9. The molecule has 0 saturated heterocycles. The van der Waals surface area contributed by atoms with Crippen molar-refractivity contribution in [2.45, 2.75) is 13.8 Å². The summed E-state index contributed by atoms with van der Waals surface area (Å²) in [5.41, 5.74) is 0. The van der Waals surface area contributed by atoms with Crippen LogP contribution >= 0.6 is 0 Å². The van der Waals surface area contributed by atoms with Crippen molar-refractivity contribution in [2.75, 3.05) is 53.4 Å². The fourth-order valence-corrected chi connectivity index (χ4v) is 1.12. The first-order chi connectivity index (χ1) is 7.85. The highest BCUT2D eigenvalue weighted by Gasteiger charge is 1.97. The lowest BCUT2D eigenvalue weighted by atomic mass is 10.5. The summed E-state index contributed by atoms with van der Waals surface area (Å²) in [4.78, 5) is 2.30. The van der Waals surface area contributed by atoms with Crippen LogP contribution in [0.15, 0.2) is 0 Å². The Kier molecular flexibility index (Phi) is 12.0. The predicted octanol–water partition coefficient (Wildman–Crippen LogP) is 0.969. The van der Waals surface area contributed by atoms with Crippen LogP contribution < -0.4 is 0 Å². The summed E-state index contributed by atoms with van der Waals surface area (Å²) in [7, 11) is 1.62. The van der Waals surface area contributed by atoms with Gasteiger partial charge in [-0.25, -0.2) is 0 Å². The Bertz CT molecular complexity index is 194. The van der Waals surface area contributed by atoms with Gasteiger partial charge >= 0.3 is 0 Å². The fraction of sp³-hybridized carbons (Fsp3) is 0.833. The van der Waals surface area contributed by atoms with E-state index in [-0.39, 0.29) is 0 Å². The number of hydrogen-bond donors (Lipinski definition) is 0. The summed E-state index contributed by atoms with van der Waals surface area (Å²) in [6.07, 6.45) is 0. The van der Waals surface area contributed by atoms with Crippen molar-refractivity contribution in [2.24, 2.45) is 0 Å². The van der Waals surface area contributed by atoms with Crippen molar-refractivity contribution in [3.8, 4) is 11.8 Å². The van der Waals surface area contributed by atoms with E-state index >= 15 is 0 Å². The first-order valence-electron chi connectivity index (χ1n) is 5.67. The van der Waals surface area contributed by atoms with Crippen LogP contribution in [0.5, 0.6) is 0 Å². The summed E-state index contributed by atoms with van der Waals surface area (Å²) in [5.74, 6) is 5.62. The van der Waals surface area contributed by atoms with Crippen LogP contribution in [0.3, 0.4) is 0 Å². The molecule has 0 N–H and O–H groups in total. The number of nitrogens with zero attached hydrogens (tertiary/aromatic N) is 1. The van der Waals surface area contributed by atoms with Gasteiger partial charge < -0.3 is 19.1 Å². The third-order valence-corrected chi connectivity index (χ3v) is 2.13. The molecule has 0 aliphatic carbocycles. The van der Waals surface area contributed by atoms with Gasteiger partial charge in [-0.1, -0.05) is 25.7 Å². The molecule has 94 valence electrons. The van der Waals surface area contributed by atoms with E-state index in [0.717, 1.165) is 19.6 Å². The van der Waals surface area contributed by atoms with Crippen LogP contribution in [-0.2, 0) is 14.2 Å². The minimum absolute atomic E-state index is 0.308. The summed E-state index contributed by atoms with van der Waals surface area (Å²) in [6, 6.07) is 0. The Morgan fingerprint density at radius 2 is 1.69 bits per heavy atom. The molecule has 0 atom stereocenters. The average molecular weight is 229 g/mol. The summed E-state index contributed by atoms with van der Waals surface area (Å²) in [6.45, 7) is 9.21. The summed E-state index contributed by atoms with van der Waals surface area (Å²) in [5, 5.41) is 0. The lowest BCUT2D eigenvalue weighted by Gasteiger charge is -2.17. The largest absolute Gasteiger partial charge is 0.372 e. The maximum Gasteiger partial charge on any atom is 0.148 e. The molecule has 0 aromatic carbocycles. The second kappa shape index (κ2) is 12.5. The van der Waals surface area contributed by atoms with Crippen LogP contribution in [0.2, 0.25) is 0 Å². The summed E-state index contributed by atoms with van der Waals surface area (Å²) >= 11 is 0. The molecule has 0 aromatic rings. The molecule has 0 aliphatic heterocycles. The molecule has 0 radical (unpaired) electrons. The topological polar surface area (TPSA) is 30.9 Å². The first-order valence-corrected chi connectivity index (χ1v) is 5.67. The predicted molar refractivity (Wildman–Crippen MR) is 64.2 cm³/mol. The summed E-state index contributed by atoms with van der Waals surface area (Å²) < 4.78 is 15.2. The van der Waals surface area contributed by atoms with Crippen molar-refractivity contribution >= 4 is 0 Å². The lowest BCUT2D eigenvalue weighted by molar-refractivity contribution is -0.0470. The number of hydrogen-bond acceptors (Lipinski definition) is 4. The van der Waals surface area contributed by atoms with E-state index in [1.807, 2.05) is 0 Å². The van der Waals surface area contributed by atoms with Gasteiger partial charge in [0.25, 0.3) is 0 Å². The molecule has 4 heteroatoms. The van der Waals surface area contributed by atoms with Gasteiger partial charge in [0.15, 0.2) is 0 Å². The highest BCUT2D eigenvalue weighted by Crippen LogP contribution is 1.87. The van der Waals surface area contributed by atoms with Crippen LogP contribution in [0, 0.1) is 11.8 Å². The highest BCUT2D eigenvalue weighted by atomic mass is 16.7. The van der Waals surface area contributed by atoms with Crippen LogP contribution in [0.1, 0.15) is 13.8 Å². The standard InChI is InChI=1S/C12H23NO3/c1-4-13(5-2)8-11-16-12-15-10-7-6-9-14-3/h4-5,8-12H2,1-3H3. The molecule has 0 spiro atoms. The molecule has 4 nitrogen and oxygen atoms in total. The van der Waals surface area contributed by atoms with Gasteiger partial charge in [-0.15, -0.1) is 0 Å². The third kappa shape index (κ3) is 9.94. The molecule has 0 heterocycles. The van der Waals surface area contributed by atoms with E-state index in [2.05, 4.69) is 30.6 Å². The van der Waals surface area contributed by atoms with Crippen molar-refractivity contribution in [1.82, 2.24) is 4.90 Å². The zero-order valence-corrected chi connectivity index (χ0v) is 10.6. The monoisotopic (exact) mass is 229 g/mol. The van der Waals surface area contributed by atoms with E-state index in [0.29, 0.717) is 26.6 Å². The number of methoxy groups -OCH3 is 1. The van der Waals surface area contributed by atoms with Gasteiger partial charge in [0.2, 0.25) is 0 Å². The minimum Gasteiger partial charge on any atom is -0.372 e. The fourth-order valence-electron chi connectivity index (χ4n) is 1.12. The number of ether oxygens (including phenoxy) is 3. The van der Waals surface area contributed by atoms with Crippen molar-refractivity contribution in [1.29, 1.82) is 0 Å². The molecule has 0 saturated carbocycles. The molecular formula is C12H23NO3. The SMILES string of the molecule is CCN(CC)CCOCOCC#CCOC. The zero-order valence-electron chi connectivity index (χ0n) is 10.6. The average Bonchev–Trinajstić information content (AvgIpc) is 2.32. The van der Waals surface area contributed by atoms with Crippen molar-refractivity contribution in [3.63, 3.8) is 0 Å². The number of likely N-dealkylation sites (N-methyl/N-ethyl adjacent to an activating group) is 1. The molecule has 0 unspecified atom stereocenters. The molecular weight excluding hydrogens is 206 g/mol. The van der Waals surface area contributed by atoms with Gasteiger partial charge in [0.1, 0.15) is 20.0 Å². The van der Waals surface area contributed by atoms with Gasteiger partial charge in [-0.05, 0) is 13.1 Å². The zero-order chi connectivity index (χ0) is 12.1. The second-order valence-electron chi connectivity index (χ2n) is 3.19. The van der Waals surface area contributed by atoms with E-state index in [4.69, 9.17) is 14.2 Å². The van der Waals surface area contributed by atoms with Gasteiger partial charge in [0.05, 0.1) is 6.61 Å². The Labute approximate surface area is 98.9 Å². The molecule has 0 rings (SSSR count). The minimum atomic E-state index is 0.308. The molecule has 0 aromatic heterocycles. The quantitative estimate of drug-likeness (QED) is 0.335. The van der Waals surface area contributed by atoms with E-state index in [1.54, 1.807) is 7.11 Å². The van der Waals surface area contributed by atoms with Crippen molar-refractivity contribution in [3.05, 3.63) is 0 Å². The van der Waals surface area contributed by atoms with Crippen LogP contribution in [0.4, 0.5) is 0 Å². The van der Waals surface area contributed by atoms with E-state index in [9.17, 15) is 0 Å². The first kappa shape index (κ1) is 15.4. The van der Waals surface area contributed by atoms with Gasteiger partial charge in [-0.3, -0.25) is 0 Å². The lowest BCUT2D eigenvalue weighted by Crippen LogP contribution is -2.27. The van der Waals surface area contributed by atoms with Crippen molar-refractivity contribution < 1.29 is 14.2 Å². The maximum atomic E-state index is 5.31. The maximum absolute atomic E-state index is 5.31. The molecule has 16 heavy (non-hydrogen) atoms. The van der Waals surface area contributed by atoms with Crippen LogP contribution in [0.25, 0.3) is 0 Å². The molecule has 0 fully saturated rings. The van der Waals surface area contributed by atoms with Gasteiger partial charge in [0, 0.05) is 13.7 Å². The third-order valence-electron chi connectivity index (χ3n) is 2.13. The van der Waals surface area contributed by atoms with Gasteiger partial charge in [-0.2, -0.15) is 0 Å². The Balaban J connectivity index is 3.19. The molecule has 0 bridgehead atoms. The highest BCUT2D eigenvalue weighted by molar-refractivity contribution is 4.98. The Morgan fingerprint density at radius 3 is 2.31 bits per heavy atom.